The smallest absolute Gasteiger partial charge is 0.125 e. The molecule has 1 aliphatic carbocycles. The number of rotatable bonds is 6. The van der Waals surface area contributed by atoms with Crippen molar-refractivity contribution in [1.82, 2.24) is 10.2 Å². The second-order valence-corrected chi connectivity index (χ2v) is 6.64. The maximum absolute atomic E-state index is 13.3. The predicted molar refractivity (Wildman–Crippen MR) is 92.6 cm³/mol. The number of nitriles is 1. The largest absolute Gasteiger partial charge is 0.390 e. The van der Waals surface area contributed by atoms with Gasteiger partial charge in [-0.1, -0.05) is 24.5 Å². The fourth-order valence-electron chi connectivity index (χ4n) is 3.36. The van der Waals surface area contributed by atoms with E-state index in [1.807, 2.05) is 14.0 Å². The fourth-order valence-corrected chi connectivity index (χ4v) is 3.36. The third-order valence-corrected chi connectivity index (χ3v) is 5.08. The molecule has 0 bridgehead atoms. The Kier molecular flexibility index (Phi) is 6.01. The van der Waals surface area contributed by atoms with Crippen molar-refractivity contribution in [1.29, 1.82) is 5.26 Å². The Morgan fingerprint density at radius 2 is 2.17 bits per heavy atom. The van der Waals surface area contributed by atoms with Crippen LogP contribution in [0.3, 0.4) is 0 Å². The molecule has 0 fully saturated rings. The first-order chi connectivity index (χ1) is 11.0. The van der Waals surface area contributed by atoms with Gasteiger partial charge in [-0.3, -0.25) is 4.90 Å². The van der Waals surface area contributed by atoms with E-state index in [9.17, 15) is 9.65 Å². The van der Waals surface area contributed by atoms with Crippen molar-refractivity contribution >= 4 is 0 Å². The quantitative estimate of drug-likeness (QED) is 0.597. The van der Waals surface area contributed by atoms with Crippen LogP contribution in [0.15, 0.2) is 33.6 Å². The molecule has 3 nitrogen and oxygen atoms in total. The lowest BCUT2D eigenvalue weighted by Gasteiger charge is -2.35. The van der Waals surface area contributed by atoms with Crippen molar-refractivity contribution in [3.8, 4) is 6.07 Å². The van der Waals surface area contributed by atoms with Crippen molar-refractivity contribution < 1.29 is 4.39 Å². The van der Waals surface area contributed by atoms with Crippen LogP contribution in [0.1, 0.15) is 46.5 Å². The Morgan fingerprint density at radius 3 is 2.70 bits per heavy atom. The zero-order chi connectivity index (χ0) is 17.0. The van der Waals surface area contributed by atoms with Crippen LogP contribution < -0.4 is 5.32 Å². The summed E-state index contributed by atoms with van der Waals surface area (Å²) in [5.74, 6) is 0. The van der Waals surface area contributed by atoms with Gasteiger partial charge in [0, 0.05) is 38.8 Å². The summed E-state index contributed by atoms with van der Waals surface area (Å²) >= 11 is 0. The summed E-state index contributed by atoms with van der Waals surface area (Å²) in [6.07, 6.45) is 2.74. The fraction of sp³-hybridized carbons (Fsp3) is 0.632. The van der Waals surface area contributed by atoms with Crippen LogP contribution in [0.2, 0.25) is 0 Å². The highest BCUT2D eigenvalue weighted by molar-refractivity contribution is 5.49. The molecule has 0 aromatic heterocycles. The first-order valence-electron chi connectivity index (χ1n) is 8.56. The highest BCUT2D eigenvalue weighted by atomic mass is 19.1. The molecule has 0 saturated carbocycles. The Balaban J connectivity index is 2.19. The van der Waals surface area contributed by atoms with Gasteiger partial charge in [-0.25, -0.2) is 4.39 Å². The van der Waals surface area contributed by atoms with Gasteiger partial charge in [-0.15, -0.1) is 0 Å². The SMILES string of the molecule is CCC/C(NC)=C(/C#N)C1=C(C)CCN(CC2=C(C)C(F)C2)C1. The number of halogens is 1. The molecule has 0 spiro atoms. The molecular weight excluding hydrogens is 289 g/mol. The molecule has 126 valence electrons. The molecule has 2 rings (SSSR count). The third kappa shape index (κ3) is 3.84. The maximum Gasteiger partial charge on any atom is 0.125 e. The standard InChI is InChI=1S/C19H28FN3/c1-5-6-19(22-4)16(10-21)17-12-23(8-7-13(17)2)11-15-9-18(20)14(15)3/h18,22H,5-9,11-12H2,1-4H3/b19-16+. The molecule has 0 amide bonds. The van der Waals surface area contributed by atoms with Gasteiger partial charge in [0.15, 0.2) is 0 Å². The van der Waals surface area contributed by atoms with Crippen molar-refractivity contribution in [2.75, 3.05) is 26.7 Å². The molecule has 1 N–H and O–H groups in total. The summed E-state index contributed by atoms with van der Waals surface area (Å²) in [7, 11) is 1.89. The summed E-state index contributed by atoms with van der Waals surface area (Å²) in [5.41, 5.74) is 6.46. The Labute approximate surface area is 139 Å². The van der Waals surface area contributed by atoms with E-state index in [1.54, 1.807) is 0 Å². The third-order valence-electron chi connectivity index (χ3n) is 5.08. The molecule has 4 heteroatoms. The van der Waals surface area contributed by atoms with Crippen molar-refractivity contribution in [3.63, 3.8) is 0 Å². The van der Waals surface area contributed by atoms with Gasteiger partial charge in [-0.05, 0) is 37.8 Å². The second-order valence-electron chi connectivity index (χ2n) is 6.64. The molecule has 0 radical (unpaired) electrons. The normalized spacial score (nSPS) is 23.4. The molecule has 0 aromatic carbocycles. The van der Waals surface area contributed by atoms with Gasteiger partial charge in [-0.2, -0.15) is 5.26 Å². The first kappa shape index (κ1) is 17.7. The van der Waals surface area contributed by atoms with E-state index in [1.165, 1.54) is 11.1 Å². The Hall–Kier alpha value is -1.60. The van der Waals surface area contributed by atoms with Gasteiger partial charge in [0.2, 0.25) is 0 Å². The Morgan fingerprint density at radius 1 is 1.43 bits per heavy atom. The molecule has 2 aliphatic rings. The number of alkyl halides is 1. The van der Waals surface area contributed by atoms with Crippen LogP contribution in [0, 0.1) is 11.3 Å². The number of allylic oxidation sites excluding steroid dienone is 2. The van der Waals surface area contributed by atoms with Crippen molar-refractivity contribution in [2.24, 2.45) is 0 Å². The molecule has 1 unspecified atom stereocenters. The highest BCUT2D eigenvalue weighted by Crippen LogP contribution is 2.33. The van der Waals surface area contributed by atoms with Crippen molar-refractivity contribution in [3.05, 3.63) is 33.6 Å². The number of hydrogen-bond acceptors (Lipinski definition) is 3. The lowest BCUT2D eigenvalue weighted by atomic mass is 9.86. The predicted octanol–water partition coefficient (Wildman–Crippen LogP) is 3.86. The zero-order valence-corrected chi connectivity index (χ0v) is 14.8. The van der Waals surface area contributed by atoms with E-state index in [-0.39, 0.29) is 0 Å². The van der Waals surface area contributed by atoms with Crippen molar-refractivity contribution in [2.45, 2.75) is 52.6 Å². The summed E-state index contributed by atoms with van der Waals surface area (Å²) in [6.45, 7) is 8.78. The highest BCUT2D eigenvalue weighted by Gasteiger charge is 2.28. The minimum absolute atomic E-state index is 0.582. The van der Waals surface area contributed by atoms with Crippen LogP contribution in [0.5, 0.6) is 0 Å². The lowest BCUT2D eigenvalue weighted by Crippen LogP contribution is -2.36. The maximum atomic E-state index is 13.3. The number of nitrogens with one attached hydrogen (secondary N) is 1. The summed E-state index contributed by atoms with van der Waals surface area (Å²) < 4.78 is 13.3. The molecule has 1 atom stereocenters. The van der Waals surface area contributed by atoms with Gasteiger partial charge in [0.1, 0.15) is 12.2 Å². The number of hydrogen-bond donors (Lipinski definition) is 1. The molecule has 1 aliphatic heterocycles. The number of nitrogens with zero attached hydrogens (tertiary/aromatic N) is 2. The van der Waals surface area contributed by atoms with Crippen LogP contribution in [0.4, 0.5) is 4.39 Å². The van der Waals surface area contributed by atoms with Crippen LogP contribution in [0.25, 0.3) is 0 Å². The van der Waals surface area contributed by atoms with Gasteiger partial charge in [0.05, 0.1) is 5.57 Å². The average Bonchev–Trinajstić information content (AvgIpc) is 2.56. The van der Waals surface area contributed by atoms with E-state index in [2.05, 4.69) is 30.1 Å². The summed E-state index contributed by atoms with van der Waals surface area (Å²) in [4.78, 5) is 2.35. The second kappa shape index (κ2) is 7.79. The first-order valence-corrected chi connectivity index (χ1v) is 8.56. The van der Waals surface area contributed by atoms with E-state index in [4.69, 9.17) is 0 Å². The van der Waals surface area contributed by atoms with E-state index in [0.717, 1.165) is 61.3 Å². The van der Waals surface area contributed by atoms with E-state index in [0.29, 0.717) is 6.42 Å². The van der Waals surface area contributed by atoms with Gasteiger partial charge < -0.3 is 5.32 Å². The van der Waals surface area contributed by atoms with E-state index >= 15 is 0 Å². The molecule has 1 heterocycles. The van der Waals surface area contributed by atoms with Gasteiger partial charge in [0.25, 0.3) is 0 Å². The molecule has 0 aromatic rings. The van der Waals surface area contributed by atoms with Crippen LogP contribution >= 0.6 is 0 Å². The summed E-state index contributed by atoms with van der Waals surface area (Å²) in [5, 5.41) is 12.9. The summed E-state index contributed by atoms with van der Waals surface area (Å²) in [6, 6.07) is 2.42. The Bertz CT molecular complexity index is 592. The topological polar surface area (TPSA) is 39.1 Å². The monoisotopic (exact) mass is 317 g/mol. The van der Waals surface area contributed by atoms with Crippen LogP contribution in [-0.4, -0.2) is 37.8 Å². The van der Waals surface area contributed by atoms with Crippen LogP contribution in [-0.2, 0) is 0 Å². The molecular formula is C19H28FN3. The van der Waals surface area contributed by atoms with E-state index < -0.39 is 6.17 Å². The lowest BCUT2D eigenvalue weighted by molar-refractivity contribution is 0.275. The average molecular weight is 317 g/mol. The minimum atomic E-state index is -0.735. The zero-order valence-electron chi connectivity index (χ0n) is 14.8. The van der Waals surface area contributed by atoms with Gasteiger partial charge >= 0.3 is 0 Å². The molecule has 0 saturated heterocycles. The molecule has 23 heavy (non-hydrogen) atoms. The minimum Gasteiger partial charge on any atom is -0.390 e.